The van der Waals surface area contributed by atoms with E-state index in [1.54, 1.807) is 6.08 Å². The highest BCUT2D eigenvalue weighted by Crippen LogP contribution is 2.02. The largest absolute Gasteiger partial charge is 0.466 e. The lowest BCUT2D eigenvalue weighted by Crippen LogP contribution is -1.93. The highest BCUT2D eigenvalue weighted by molar-refractivity contribution is 5.86. The molecular weight excluding hydrogens is 168 g/mol. The Morgan fingerprint density at radius 3 is 3.08 bits per heavy atom. The second-order valence-electron chi connectivity index (χ2n) is 2.53. The topological polar surface area (TPSA) is 55.0 Å². The van der Waals surface area contributed by atoms with Crippen LogP contribution in [0, 0.1) is 0 Å². The normalized spacial score (nSPS) is 10.6. The zero-order valence-electron chi connectivity index (χ0n) is 7.70. The maximum Gasteiger partial charge on any atom is 0.330 e. The summed E-state index contributed by atoms with van der Waals surface area (Å²) in [4.78, 5) is 10.7. The number of H-pyrrole nitrogens is 1. The van der Waals surface area contributed by atoms with Crippen molar-refractivity contribution in [2.24, 2.45) is 0 Å². The van der Waals surface area contributed by atoms with E-state index in [-0.39, 0.29) is 5.97 Å². The Kier molecular flexibility index (Phi) is 3.25. The molecule has 0 aliphatic rings. The minimum Gasteiger partial charge on any atom is -0.466 e. The molecule has 4 heteroatoms. The summed E-state index contributed by atoms with van der Waals surface area (Å²) in [6.07, 6.45) is 3.86. The number of aryl methyl sites for hydroxylation is 1. The number of hydrogen-bond donors (Lipinski definition) is 1. The van der Waals surface area contributed by atoms with Crippen LogP contribution in [0.2, 0.25) is 0 Å². The van der Waals surface area contributed by atoms with Gasteiger partial charge in [-0.05, 0) is 18.6 Å². The van der Waals surface area contributed by atoms with Gasteiger partial charge in [-0.3, -0.25) is 5.10 Å². The van der Waals surface area contributed by atoms with E-state index in [1.165, 1.54) is 13.2 Å². The van der Waals surface area contributed by atoms with Gasteiger partial charge in [0, 0.05) is 11.8 Å². The van der Waals surface area contributed by atoms with E-state index in [2.05, 4.69) is 14.9 Å². The molecule has 0 amide bonds. The minimum atomic E-state index is -0.374. The van der Waals surface area contributed by atoms with Gasteiger partial charge in [-0.25, -0.2) is 4.79 Å². The van der Waals surface area contributed by atoms with E-state index in [1.807, 2.05) is 13.0 Å². The first-order chi connectivity index (χ1) is 6.26. The van der Waals surface area contributed by atoms with Crippen molar-refractivity contribution in [1.29, 1.82) is 0 Å². The molecule has 1 aromatic heterocycles. The van der Waals surface area contributed by atoms with Crippen LogP contribution in [0.15, 0.2) is 12.1 Å². The molecule has 0 fully saturated rings. The molecule has 0 bridgehead atoms. The summed E-state index contributed by atoms with van der Waals surface area (Å²) < 4.78 is 4.44. The van der Waals surface area contributed by atoms with Gasteiger partial charge in [0.1, 0.15) is 0 Å². The molecule has 0 aliphatic heterocycles. The van der Waals surface area contributed by atoms with Crippen molar-refractivity contribution in [2.45, 2.75) is 13.3 Å². The van der Waals surface area contributed by atoms with Crippen LogP contribution >= 0.6 is 0 Å². The molecule has 1 N–H and O–H groups in total. The molecule has 4 nitrogen and oxygen atoms in total. The number of nitrogens with zero attached hydrogens (tertiary/aromatic N) is 1. The van der Waals surface area contributed by atoms with E-state index in [0.717, 1.165) is 17.8 Å². The summed E-state index contributed by atoms with van der Waals surface area (Å²) in [5, 5.41) is 6.82. The van der Waals surface area contributed by atoms with Crippen molar-refractivity contribution in [1.82, 2.24) is 10.2 Å². The third-order valence-electron chi connectivity index (χ3n) is 1.62. The Morgan fingerprint density at radius 1 is 1.77 bits per heavy atom. The lowest BCUT2D eigenvalue weighted by Gasteiger charge is -1.87. The Bertz CT molecular complexity index is 315. The summed E-state index contributed by atoms with van der Waals surface area (Å²) in [6.45, 7) is 2.03. The van der Waals surface area contributed by atoms with E-state index >= 15 is 0 Å². The van der Waals surface area contributed by atoms with Crippen LogP contribution in [0.5, 0.6) is 0 Å². The first-order valence-corrected chi connectivity index (χ1v) is 4.06. The Labute approximate surface area is 76.6 Å². The number of nitrogens with one attached hydrogen (secondary N) is 1. The quantitative estimate of drug-likeness (QED) is 0.561. The Morgan fingerprint density at radius 2 is 2.54 bits per heavy atom. The first kappa shape index (κ1) is 9.51. The fourth-order valence-corrected chi connectivity index (χ4v) is 0.867. The van der Waals surface area contributed by atoms with Gasteiger partial charge < -0.3 is 4.74 Å². The summed E-state index contributed by atoms with van der Waals surface area (Å²) in [5.74, 6) is -0.374. The van der Waals surface area contributed by atoms with Crippen LogP contribution in [-0.2, 0) is 16.0 Å². The molecule has 0 spiro atoms. The Balaban J connectivity index is 2.63. The van der Waals surface area contributed by atoms with Crippen LogP contribution in [0.3, 0.4) is 0 Å². The molecule has 0 unspecified atom stereocenters. The first-order valence-electron chi connectivity index (χ1n) is 4.06. The fourth-order valence-electron chi connectivity index (χ4n) is 0.867. The number of esters is 1. The SMILES string of the molecule is CCc1cc(/C=C/C(=O)OC)n[nH]1. The number of hydrogen-bond acceptors (Lipinski definition) is 3. The second-order valence-corrected chi connectivity index (χ2v) is 2.53. The standard InChI is InChI=1S/C9H12N2O2/c1-3-7-6-8(11-10-7)4-5-9(12)13-2/h4-6H,3H2,1-2H3,(H,10,11)/b5-4+. The average Bonchev–Trinajstić information content (AvgIpc) is 2.61. The summed E-state index contributed by atoms with van der Waals surface area (Å²) in [5.41, 5.74) is 1.78. The molecule has 13 heavy (non-hydrogen) atoms. The van der Waals surface area contributed by atoms with Crippen LogP contribution in [0.25, 0.3) is 6.08 Å². The smallest absolute Gasteiger partial charge is 0.330 e. The second kappa shape index (κ2) is 4.45. The van der Waals surface area contributed by atoms with Gasteiger partial charge in [-0.1, -0.05) is 6.92 Å². The minimum absolute atomic E-state index is 0.374. The molecule has 0 saturated carbocycles. The lowest BCUT2D eigenvalue weighted by molar-refractivity contribution is -0.134. The zero-order chi connectivity index (χ0) is 9.68. The van der Waals surface area contributed by atoms with Gasteiger partial charge >= 0.3 is 5.97 Å². The average molecular weight is 180 g/mol. The van der Waals surface area contributed by atoms with Gasteiger partial charge in [0.25, 0.3) is 0 Å². The molecule has 0 radical (unpaired) electrons. The van der Waals surface area contributed by atoms with E-state index in [4.69, 9.17) is 0 Å². The number of aromatic nitrogens is 2. The third-order valence-corrected chi connectivity index (χ3v) is 1.62. The van der Waals surface area contributed by atoms with Crippen molar-refractivity contribution in [3.05, 3.63) is 23.5 Å². The third kappa shape index (κ3) is 2.74. The molecule has 0 aromatic carbocycles. The van der Waals surface area contributed by atoms with Crippen molar-refractivity contribution in [2.75, 3.05) is 7.11 Å². The van der Waals surface area contributed by atoms with E-state index in [9.17, 15) is 4.79 Å². The molecule has 1 rings (SSSR count). The van der Waals surface area contributed by atoms with Crippen molar-refractivity contribution in [3.8, 4) is 0 Å². The maximum atomic E-state index is 10.7. The van der Waals surface area contributed by atoms with Gasteiger partial charge in [0.05, 0.1) is 12.8 Å². The number of rotatable bonds is 3. The van der Waals surface area contributed by atoms with Gasteiger partial charge in [-0.2, -0.15) is 5.10 Å². The predicted molar refractivity (Wildman–Crippen MR) is 49.0 cm³/mol. The van der Waals surface area contributed by atoms with E-state index in [0.29, 0.717) is 0 Å². The highest BCUT2D eigenvalue weighted by atomic mass is 16.5. The van der Waals surface area contributed by atoms with Gasteiger partial charge in [-0.15, -0.1) is 0 Å². The highest BCUT2D eigenvalue weighted by Gasteiger charge is 1.96. The summed E-state index contributed by atoms with van der Waals surface area (Å²) >= 11 is 0. The monoisotopic (exact) mass is 180 g/mol. The fraction of sp³-hybridized carbons (Fsp3) is 0.333. The predicted octanol–water partition coefficient (Wildman–Crippen LogP) is 1.16. The van der Waals surface area contributed by atoms with Gasteiger partial charge in [0.2, 0.25) is 0 Å². The molecule has 1 heterocycles. The number of carbonyl (C=O) groups excluding carboxylic acids is 1. The van der Waals surface area contributed by atoms with E-state index < -0.39 is 0 Å². The molecule has 0 saturated heterocycles. The zero-order valence-corrected chi connectivity index (χ0v) is 7.70. The molecule has 1 aromatic rings. The van der Waals surface area contributed by atoms with Crippen LogP contribution < -0.4 is 0 Å². The molecule has 0 aliphatic carbocycles. The number of carbonyl (C=O) groups is 1. The molecular formula is C9H12N2O2. The van der Waals surface area contributed by atoms with Crippen molar-refractivity contribution < 1.29 is 9.53 Å². The lowest BCUT2D eigenvalue weighted by atomic mass is 10.3. The number of methoxy groups -OCH3 is 1. The molecule has 0 atom stereocenters. The van der Waals surface area contributed by atoms with Crippen molar-refractivity contribution in [3.63, 3.8) is 0 Å². The number of aromatic amines is 1. The van der Waals surface area contributed by atoms with Crippen LogP contribution in [-0.4, -0.2) is 23.3 Å². The maximum absolute atomic E-state index is 10.7. The Hall–Kier alpha value is -1.58. The number of ether oxygens (including phenoxy) is 1. The molecule has 70 valence electrons. The summed E-state index contributed by atoms with van der Waals surface area (Å²) in [6, 6.07) is 1.89. The summed E-state index contributed by atoms with van der Waals surface area (Å²) in [7, 11) is 1.34. The van der Waals surface area contributed by atoms with Gasteiger partial charge in [0.15, 0.2) is 0 Å². The van der Waals surface area contributed by atoms with Crippen LogP contribution in [0.4, 0.5) is 0 Å². The van der Waals surface area contributed by atoms with Crippen molar-refractivity contribution >= 4 is 12.0 Å². The van der Waals surface area contributed by atoms with Crippen LogP contribution in [0.1, 0.15) is 18.3 Å².